The highest BCUT2D eigenvalue weighted by Crippen LogP contribution is 2.23. The molecule has 5 aromatic rings. The van der Waals surface area contributed by atoms with Crippen molar-refractivity contribution in [3.63, 3.8) is 0 Å². The maximum atomic E-state index is 12.4. The summed E-state index contributed by atoms with van der Waals surface area (Å²) in [6, 6.07) is 15.5. The number of benzene rings is 2. The Labute approximate surface area is 198 Å². The van der Waals surface area contributed by atoms with E-state index in [9.17, 15) is 19.7 Å². The molecule has 35 heavy (non-hydrogen) atoms. The van der Waals surface area contributed by atoms with Crippen LogP contribution < -0.4 is 11.1 Å². The van der Waals surface area contributed by atoms with Gasteiger partial charge in [0.2, 0.25) is 5.91 Å². The summed E-state index contributed by atoms with van der Waals surface area (Å²) < 4.78 is 8.47. The number of carbonyl (C=O) groups excluding carboxylic acids is 1. The van der Waals surface area contributed by atoms with Gasteiger partial charge in [-0.15, -0.1) is 0 Å². The van der Waals surface area contributed by atoms with E-state index in [1.54, 1.807) is 0 Å². The molecule has 176 valence electrons. The van der Waals surface area contributed by atoms with E-state index >= 15 is 0 Å². The Kier molecular flexibility index (Phi) is 5.61. The number of non-ortho nitro benzene ring substituents is 1. The van der Waals surface area contributed by atoms with Gasteiger partial charge in [0.05, 0.1) is 22.2 Å². The van der Waals surface area contributed by atoms with Crippen LogP contribution in [0.1, 0.15) is 18.4 Å². The molecule has 1 N–H and O–H groups in total. The van der Waals surface area contributed by atoms with Crippen LogP contribution in [0.2, 0.25) is 0 Å². The number of imidazole rings is 1. The summed E-state index contributed by atoms with van der Waals surface area (Å²) in [4.78, 5) is 39.6. The van der Waals surface area contributed by atoms with Crippen LogP contribution >= 0.6 is 0 Å². The number of nitrogens with zero attached hydrogens (tertiary/aromatic N) is 4. The average Bonchev–Trinajstić information content (AvgIpc) is 3.41. The Morgan fingerprint density at radius 3 is 2.71 bits per heavy atom. The number of carbonyl (C=O) groups is 1. The van der Waals surface area contributed by atoms with Crippen LogP contribution in [0.3, 0.4) is 0 Å². The number of amides is 1. The minimum Gasteiger partial charge on any atom is -0.407 e. The summed E-state index contributed by atoms with van der Waals surface area (Å²) in [6.45, 7) is 2.27. The van der Waals surface area contributed by atoms with Gasteiger partial charge in [0.1, 0.15) is 5.65 Å². The number of fused-ring (bicyclic) bond motifs is 2. The normalized spacial score (nSPS) is 11.2. The summed E-state index contributed by atoms with van der Waals surface area (Å²) in [5.74, 6) is -0.795. The molecule has 0 aliphatic carbocycles. The summed E-state index contributed by atoms with van der Waals surface area (Å²) in [5.41, 5.74) is 4.90. The molecule has 0 fully saturated rings. The number of nitro groups is 1. The molecule has 3 aromatic heterocycles. The fourth-order valence-electron chi connectivity index (χ4n) is 4.02. The number of hydrogen-bond acceptors (Lipinski definition) is 6. The highest BCUT2D eigenvalue weighted by Gasteiger charge is 2.14. The predicted molar refractivity (Wildman–Crippen MR) is 130 cm³/mol. The Hall–Kier alpha value is -4.73. The first kappa shape index (κ1) is 22.1. The van der Waals surface area contributed by atoms with Crippen molar-refractivity contribution in [2.45, 2.75) is 26.3 Å². The molecule has 10 nitrogen and oxygen atoms in total. The molecular formula is C25H21N5O5. The number of nitrogens with one attached hydrogen (secondary N) is 1. The Morgan fingerprint density at radius 2 is 1.97 bits per heavy atom. The number of pyridine rings is 1. The smallest absolute Gasteiger partial charge is 0.407 e. The van der Waals surface area contributed by atoms with Crippen LogP contribution in [0.25, 0.3) is 28.0 Å². The van der Waals surface area contributed by atoms with Crippen LogP contribution in [0.15, 0.2) is 76.2 Å². The summed E-state index contributed by atoms with van der Waals surface area (Å²) >= 11 is 0. The fourth-order valence-corrected chi connectivity index (χ4v) is 4.02. The van der Waals surface area contributed by atoms with Gasteiger partial charge in [-0.25, -0.2) is 9.78 Å². The number of rotatable bonds is 7. The maximum absolute atomic E-state index is 12.4. The molecule has 0 saturated carbocycles. The SMILES string of the molecule is Cc1cccn2cc(-c3ccc(NC(=O)CCCn4c(=O)oc5cc([N+](=O)[O-])ccc54)cc3)nc12. The van der Waals surface area contributed by atoms with Gasteiger partial charge >= 0.3 is 5.76 Å². The van der Waals surface area contributed by atoms with Gasteiger partial charge in [-0.3, -0.25) is 19.5 Å². The van der Waals surface area contributed by atoms with Crippen molar-refractivity contribution in [3.05, 3.63) is 93.2 Å². The van der Waals surface area contributed by atoms with E-state index in [4.69, 9.17) is 4.42 Å². The van der Waals surface area contributed by atoms with E-state index in [-0.39, 0.29) is 30.1 Å². The topological polar surface area (TPSA) is 125 Å². The third-order valence-corrected chi connectivity index (χ3v) is 5.79. The summed E-state index contributed by atoms with van der Waals surface area (Å²) in [5, 5.41) is 13.8. The predicted octanol–water partition coefficient (Wildman–Crippen LogP) is 4.54. The monoisotopic (exact) mass is 471 g/mol. The molecule has 0 spiro atoms. The van der Waals surface area contributed by atoms with Crippen molar-refractivity contribution < 1.29 is 14.1 Å². The van der Waals surface area contributed by atoms with Gasteiger partial charge in [-0.05, 0) is 43.2 Å². The van der Waals surface area contributed by atoms with Crippen LogP contribution in [0, 0.1) is 17.0 Å². The number of anilines is 1. The molecule has 2 aromatic carbocycles. The first-order valence-corrected chi connectivity index (χ1v) is 11.0. The number of oxazole rings is 1. The number of hydrogen-bond donors (Lipinski definition) is 1. The molecule has 3 heterocycles. The van der Waals surface area contributed by atoms with Crippen LogP contribution in [-0.2, 0) is 11.3 Å². The standard InChI is InChI=1S/C25H21N5O5/c1-16-4-2-12-28-15-20(27-24(16)28)17-6-8-18(9-7-17)26-23(31)5-3-13-29-21-11-10-19(30(33)34)14-22(21)35-25(29)32/h2,4,6-12,14-15H,3,5,13H2,1H3,(H,26,31). The second-order valence-electron chi connectivity index (χ2n) is 8.21. The third-order valence-electron chi connectivity index (χ3n) is 5.79. The molecule has 0 bridgehead atoms. The van der Waals surface area contributed by atoms with Crippen molar-refractivity contribution in [1.29, 1.82) is 0 Å². The summed E-state index contributed by atoms with van der Waals surface area (Å²) in [6.07, 6.45) is 4.52. The number of aromatic nitrogens is 3. The second-order valence-corrected chi connectivity index (χ2v) is 8.21. The van der Waals surface area contributed by atoms with E-state index in [1.807, 2.05) is 60.1 Å². The molecule has 0 saturated heterocycles. The highest BCUT2D eigenvalue weighted by atomic mass is 16.6. The third kappa shape index (κ3) is 4.41. The van der Waals surface area contributed by atoms with Crippen LogP contribution in [0.5, 0.6) is 0 Å². The number of aryl methyl sites for hydroxylation is 2. The second kappa shape index (κ2) is 8.90. The summed E-state index contributed by atoms with van der Waals surface area (Å²) in [7, 11) is 0. The first-order valence-electron chi connectivity index (χ1n) is 11.0. The van der Waals surface area contributed by atoms with Crippen molar-refractivity contribution >= 4 is 34.0 Å². The van der Waals surface area contributed by atoms with Crippen molar-refractivity contribution in [1.82, 2.24) is 14.0 Å². The van der Waals surface area contributed by atoms with Gasteiger partial charge in [-0.2, -0.15) is 0 Å². The molecule has 5 rings (SSSR count). The largest absolute Gasteiger partial charge is 0.419 e. The van der Waals surface area contributed by atoms with E-state index in [0.29, 0.717) is 17.6 Å². The van der Waals surface area contributed by atoms with Gasteiger partial charge in [0.25, 0.3) is 5.69 Å². The van der Waals surface area contributed by atoms with Gasteiger partial charge in [-0.1, -0.05) is 18.2 Å². The molecule has 0 aliphatic heterocycles. The van der Waals surface area contributed by atoms with Gasteiger partial charge in [0.15, 0.2) is 5.58 Å². The van der Waals surface area contributed by atoms with Crippen molar-refractivity contribution in [3.8, 4) is 11.3 Å². The van der Waals surface area contributed by atoms with E-state index < -0.39 is 10.7 Å². The first-order chi connectivity index (χ1) is 16.9. The lowest BCUT2D eigenvalue weighted by molar-refractivity contribution is -0.384. The number of nitro benzene ring substituents is 1. The Balaban J connectivity index is 1.20. The van der Waals surface area contributed by atoms with Crippen molar-refractivity contribution in [2.24, 2.45) is 0 Å². The lowest BCUT2D eigenvalue weighted by Crippen LogP contribution is -2.17. The van der Waals surface area contributed by atoms with Crippen LogP contribution in [-0.4, -0.2) is 24.8 Å². The van der Waals surface area contributed by atoms with Crippen LogP contribution in [0.4, 0.5) is 11.4 Å². The zero-order valence-electron chi connectivity index (χ0n) is 18.8. The lowest BCUT2D eigenvalue weighted by Gasteiger charge is -2.06. The Morgan fingerprint density at radius 1 is 1.17 bits per heavy atom. The fraction of sp³-hybridized carbons (Fsp3) is 0.160. The molecule has 1 amide bonds. The minimum atomic E-state index is -0.612. The molecule has 0 unspecified atom stereocenters. The van der Waals surface area contributed by atoms with E-state index in [1.165, 1.54) is 22.8 Å². The average molecular weight is 471 g/mol. The zero-order chi connectivity index (χ0) is 24.5. The van der Waals surface area contributed by atoms with Gasteiger partial charge in [0, 0.05) is 42.7 Å². The molecular weight excluding hydrogens is 450 g/mol. The lowest BCUT2D eigenvalue weighted by atomic mass is 10.1. The zero-order valence-corrected chi connectivity index (χ0v) is 18.8. The molecule has 10 heteroatoms. The van der Waals surface area contributed by atoms with E-state index in [0.717, 1.165) is 22.5 Å². The van der Waals surface area contributed by atoms with E-state index in [2.05, 4.69) is 10.3 Å². The van der Waals surface area contributed by atoms with Crippen molar-refractivity contribution in [2.75, 3.05) is 5.32 Å². The Bertz CT molecular complexity index is 1630. The van der Waals surface area contributed by atoms with Gasteiger partial charge < -0.3 is 14.1 Å². The quantitative estimate of drug-likeness (QED) is 0.274. The highest BCUT2D eigenvalue weighted by molar-refractivity contribution is 5.91. The minimum absolute atomic E-state index is 0.148. The molecule has 0 atom stereocenters. The molecule has 0 aliphatic rings. The molecule has 0 radical (unpaired) electrons. The maximum Gasteiger partial charge on any atom is 0.419 e.